The SMILES string of the molecule is CC(NS(=O)(=O)C1CC1)c1cn(CC(C)(C)C)c2cc(-c3ncc(F)cc3Cl)c(F)cc12. The van der Waals surface area contributed by atoms with Gasteiger partial charge in [-0.15, -0.1) is 0 Å². The van der Waals surface area contributed by atoms with Crippen LogP contribution in [0.2, 0.25) is 5.02 Å². The van der Waals surface area contributed by atoms with Crippen LogP contribution in [-0.4, -0.2) is 23.2 Å². The van der Waals surface area contributed by atoms with Crippen molar-refractivity contribution in [3.8, 4) is 11.3 Å². The first kappa shape index (κ1) is 23.1. The Labute approximate surface area is 191 Å². The van der Waals surface area contributed by atoms with E-state index >= 15 is 4.39 Å². The topological polar surface area (TPSA) is 64.0 Å². The summed E-state index contributed by atoms with van der Waals surface area (Å²) in [6, 6.07) is 3.60. The minimum absolute atomic E-state index is 0.0166. The molecule has 3 aromatic rings. The molecule has 1 fully saturated rings. The summed E-state index contributed by atoms with van der Waals surface area (Å²) in [5, 5.41) is 0.283. The Hall–Kier alpha value is -2.03. The molecule has 32 heavy (non-hydrogen) atoms. The number of rotatable bonds is 6. The van der Waals surface area contributed by atoms with E-state index in [0.717, 1.165) is 17.8 Å². The van der Waals surface area contributed by atoms with Crippen molar-refractivity contribution in [1.82, 2.24) is 14.3 Å². The smallest absolute Gasteiger partial charge is 0.215 e. The van der Waals surface area contributed by atoms with Gasteiger partial charge in [0.15, 0.2) is 0 Å². The van der Waals surface area contributed by atoms with Crippen LogP contribution in [-0.2, 0) is 16.6 Å². The molecular weight excluding hydrogens is 456 g/mol. The van der Waals surface area contributed by atoms with Gasteiger partial charge in [-0.25, -0.2) is 21.9 Å². The zero-order valence-electron chi connectivity index (χ0n) is 18.4. The Morgan fingerprint density at radius 2 is 1.94 bits per heavy atom. The van der Waals surface area contributed by atoms with Crippen LogP contribution in [0, 0.1) is 17.0 Å². The predicted molar refractivity (Wildman–Crippen MR) is 123 cm³/mol. The lowest BCUT2D eigenvalue weighted by Crippen LogP contribution is -2.29. The van der Waals surface area contributed by atoms with Gasteiger partial charge < -0.3 is 4.57 Å². The number of aromatic nitrogens is 2. The van der Waals surface area contributed by atoms with Crippen molar-refractivity contribution in [2.45, 2.75) is 58.4 Å². The molecule has 0 amide bonds. The average molecular weight is 482 g/mol. The van der Waals surface area contributed by atoms with E-state index in [-0.39, 0.29) is 26.9 Å². The molecule has 1 aromatic carbocycles. The van der Waals surface area contributed by atoms with E-state index in [9.17, 15) is 12.8 Å². The number of halogens is 3. The number of hydrogen-bond acceptors (Lipinski definition) is 3. The van der Waals surface area contributed by atoms with E-state index in [0.29, 0.717) is 30.3 Å². The monoisotopic (exact) mass is 481 g/mol. The van der Waals surface area contributed by atoms with Gasteiger partial charge in [0.2, 0.25) is 10.0 Å². The van der Waals surface area contributed by atoms with E-state index in [1.165, 1.54) is 6.07 Å². The summed E-state index contributed by atoms with van der Waals surface area (Å²) in [6.45, 7) is 8.64. The summed E-state index contributed by atoms with van der Waals surface area (Å²) in [5.74, 6) is -1.17. The molecule has 2 heterocycles. The maximum absolute atomic E-state index is 15.2. The van der Waals surface area contributed by atoms with Crippen molar-refractivity contribution in [3.05, 3.63) is 52.8 Å². The molecular formula is C23H26ClF2N3O2S. The van der Waals surface area contributed by atoms with Crippen LogP contribution in [0.4, 0.5) is 8.78 Å². The first-order valence-electron chi connectivity index (χ1n) is 10.5. The van der Waals surface area contributed by atoms with Gasteiger partial charge in [0.25, 0.3) is 0 Å². The number of nitrogens with one attached hydrogen (secondary N) is 1. The van der Waals surface area contributed by atoms with Crippen LogP contribution >= 0.6 is 11.6 Å². The second-order valence-electron chi connectivity index (χ2n) is 9.69. The van der Waals surface area contributed by atoms with Crippen LogP contribution in [0.1, 0.15) is 52.1 Å². The third-order valence-corrected chi connectivity index (χ3v) is 7.80. The van der Waals surface area contributed by atoms with Gasteiger partial charge >= 0.3 is 0 Å². The third kappa shape index (κ3) is 4.67. The molecule has 0 aliphatic heterocycles. The lowest BCUT2D eigenvalue weighted by atomic mass is 9.97. The molecule has 1 unspecified atom stereocenters. The maximum atomic E-state index is 15.2. The van der Waals surface area contributed by atoms with Gasteiger partial charge in [-0.2, -0.15) is 0 Å². The van der Waals surface area contributed by atoms with Crippen LogP contribution in [0.15, 0.2) is 30.6 Å². The Kier molecular flexibility index (Phi) is 5.84. The molecule has 0 spiro atoms. The normalized spacial score (nSPS) is 16.0. The molecule has 2 aromatic heterocycles. The summed E-state index contributed by atoms with van der Waals surface area (Å²) < 4.78 is 58.4. The number of sulfonamides is 1. The zero-order valence-corrected chi connectivity index (χ0v) is 20.0. The quantitative estimate of drug-likeness (QED) is 0.482. The Bertz CT molecular complexity index is 1290. The minimum Gasteiger partial charge on any atom is -0.347 e. The first-order valence-corrected chi connectivity index (χ1v) is 12.4. The molecule has 0 bridgehead atoms. The molecule has 1 saturated carbocycles. The summed E-state index contributed by atoms with van der Waals surface area (Å²) in [6.07, 6.45) is 4.20. The highest BCUT2D eigenvalue weighted by Crippen LogP contribution is 2.37. The number of fused-ring (bicyclic) bond motifs is 1. The van der Waals surface area contributed by atoms with Gasteiger partial charge in [-0.05, 0) is 48.9 Å². The standard InChI is InChI=1S/C23H26ClF2N3O2S/c1-13(28-32(30,31)15-5-6-15)18-11-29(12-23(2,3)4)21-9-17(20(26)8-16(18)21)22-19(24)7-14(25)10-27-22/h7-11,13,15,28H,5-6,12H2,1-4H3. The van der Waals surface area contributed by atoms with Crippen molar-refractivity contribution in [2.75, 3.05) is 0 Å². The maximum Gasteiger partial charge on any atom is 0.215 e. The third-order valence-electron chi connectivity index (χ3n) is 5.48. The molecule has 0 saturated heterocycles. The fraction of sp³-hybridized carbons (Fsp3) is 0.435. The van der Waals surface area contributed by atoms with Gasteiger partial charge in [0, 0.05) is 35.2 Å². The van der Waals surface area contributed by atoms with Crippen molar-refractivity contribution < 1.29 is 17.2 Å². The van der Waals surface area contributed by atoms with Crippen LogP contribution < -0.4 is 4.72 Å². The zero-order chi connectivity index (χ0) is 23.4. The minimum atomic E-state index is -3.42. The number of pyridine rings is 1. The van der Waals surface area contributed by atoms with E-state index in [2.05, 4.69) is 30.5 Å². The van der Waals surface area contributed by atoms with Crippen LogP contribution in [0.5, 0.6) is 0 Å². The molecule has 1 aliphatic rings. The second kappa shape index (κ2) is 8.08. The number of hydrogen-bond donors (Lipinski definition) is 1. The number of benzene rings is 1. The molecule has 0 radical (unpaired) electrons. The second-order valence-corrected chi connectivity index (χ2v) is 12.1. The van der Waals surface area contributed by atoms with Gasteiger partial charge in [0.05, 0.1) is 22.2 Å². The average Bonchev–Trinajstić information content (AvgIpc) is 3.46. The highest BCUT2D eigenvalue weighted by atomic mass is 35.5. The van der Waals surface area contributed by atoms with E-state index in [1.54, 1.807) is 13.0 Å². The van der Waals surface area contributed by atoms with Crippen LogP contribution in [0.3, 0.4) is 0 Å². The Balaban J connectivity index is 1.86. The predicted octanol–water partition coefficient (Wildman–Crippen LogP) is 5.82. The first-order chi connectivity index (χ1) is 14.9. The lowest BCUT2D eigenvalue weighted by molar-refractivity contribution is 0.349. The summed E-state index contributed by atoms with van der Waals surface area (Å²) >= 11 is 6.14. The van der Waals surface area contributed by atoms with Crippen molar-refractivity contribution in [2.24, 2.45) is 5.41 Å². The lowest BCUT2D eigenvalue weighted by Gasteiger charge is -2.20. The van der Waals surface area contributed by atoms with Crippen molar-refractivity contribution >= 4 is 32.5 Å². The Morgan fingerprint density at radius 1 is 1.25 bits per heavy atom. The molecule has 5 nitrogen and oxygen atoms in total. The molecule has 9 heteroatoms. The van der Waals surface area contributed by atoms with Gasteiger partial charge in [-0.3, -0.25) is 4.98 Å². The summed E-state index contributed by atoms with van der Waals surface area (Å²) in [5.41, 5.74) is 1.65. The summed E-state index contributed by atoms with van der Waals surface area (Å²) in [4.78, 5) is 3.99. The fourth-order valence-electron chi connectivity index (χ4n) is 3.90. The fourth-order valence-corrected chi connectivity index (χ4v) is 5.73. The van der Waals surface area contributed by atoms with Crippen LogP contribution in [0.25, 0.3) is 22.2 Å². The number of nitrogens with zero attached hydrogens (tertiary/aromatic N) is 2. The largest absolute Gasteiger partial charge is 0.347 e. The molecule has 1 N–H and O–H groups in total. The van der Waals surface area contributed by atoms with E-state index in [1.807, 2.05) is 10.8 Å². The highest BCUT2D eigenvalue weighted by molar-refractivity contribution is 7.90. The van der Waals surface area contributed by atoms with Gasteiger partial charge in [0.1, 0.15) is 11.6 Å². The molecule has 172 valence electrons. The molecule has 1 atom stereocenters. The Morgan fingerprint density at radius 3 is 2.53 bits per heavy atom. The van der Waals surface area contributed by atoms with E-state index in [4.69, 9.17) is 11.6 Å². The van der Waals surface area contributed by atoms with Crippen molar-refractivity contribution in [3.63, 3.8) is 0 Å². The molecule has 1 aliphatic carbocycles. The van der Waals surface area contributed by atoms with E-state index < -0.39 is 27.7 Å². The van der Waals surface area contributed by atoms with Gasteiger partial charge in [-0.1, -0.05) is 32.4 Å². The van der Waals surface area contributed by atoms with Crippen molar-refractivity contribution in [1.29, 1.82) is 0 Å². The summed E-state index contributed by atoms with van der Waals surface area (Å²) in [7, 11) is -3.42. The highest BCUT2D eigenvalue weighted by Gasteiger charge is 2.37. The molecule has 4 rings (SSSR count).